The van der Waals surface area contributed by atoms with Crippen LogP contribution in [-0.4, -0.2) is 28.2 Å². The van der Waals surface area contributed by atoms with Crippen LogP contribution in [-0.2, 0) is 11.4 Å². The number of phenolic OH excluding ortho intramolecular Hbond substituents is 1. The molecule has 2 amide bonds. The predicted molar refractivity (Wildman–Crippen MR) is 100 cm³/mol. The molecule has 0 aromatic heterocycles. The minimum atomic E-state index is -0.346. The molecule has 25 heavy (non-hydrogen) atoms. The summed E-state index contributed by atoms with van der Waals surface area (Å²) in [6, 6.07) is 12.7. The topological polar surface area (TPSA) is 66.8 Å². The molecule has 0 bridgehead atoms. The zero-order valence-corrected chi connectivity index (χ0v) is 15.6. The van der Waals surface area contributed by atoms with Crippen molar-refractivity contribution in [2.24, 2.45) is 0 Å². The molecule has 0 unspecified atom stereocenters. The lowest BCUT2D eigenvalue weighted by Crippen LogP contribution is -2.22. The third-order valence-electron chi connectivity index (χ3n) is 3.59. The van der Waals surface area contributed by atoms with Crippen molar-refractivity contribution in [1.29, 1.82) is 0 Å². The third-order valence-corrected chi connectivity index (χ3v) is 5.24. The van der Waals surface area contributed by atoms with Gasteiger partial charge in [0.15, 0.2) is 11.5 Å². The number of aromatic hydroxyl groups is 1. The molecule has 5 nitrogen and oxygen atoms in total. The Hall–Kier alpha value is -2.25. The minimum Gasteiger partial charge on any atom is -0.504 e. The molecule has 0 aliphatic carbocycles. The smallest absolute Gasteiger partial charge is 0.293 e. The fraction of sp³-hybridized carbons (Fsp3) is 0.111. The molecule has 1 heterocycles. The van der Waals surface area contributed by atoms with Crippen LogP contribution in [0.2, 0.25) is 0 Å². The number of nitrogens with zero attached hydrogens (tertiary/aromatic N) is 1. The van der Waals surface area contributed by atoms with E-state index in [1.165, 1.54) is 13.1 Å². The van der Waals surface area contributed by atoms with Gasteiger partial charge in [-0.3, -0.25) is 14.5 Å². The molecule has 0 saturated carbocycles. The first kappa shape index (κ1) is 17.6. The number of likely N-dealkylation sites (N-methyl/N-ethyl adjacent to an activating group) is 1. The Balaban J connectivity index is 1.86. The maximum Gasteiger partial charge on any atom is 0.293 e. The maximum absolute atomic E-state index is 12.0. The minimum absolute atomic E-state index is 0.0106. The van der Waals surface area contributed by atoms with Gasteiger partial charge in [-0.15, -0.1) is 0 Å². The summed E-state index contributed by atoms with van der Waals surface area (Å²) in [6.07, 6.45) is 1.60. The molecule has 3 rings (SSSR count). The first-order valence-electron chi connectivity index (χ1n) is 7.36. The first-order valence-corrected chi connectivity index (χ1v) is 8.97. The van der Waals surface area contributed by atoms with Crippen molar-refractivity contribution in [2.45, 2.75) is 6.61 Å². The van der Waals surface area contributed by atoms with Gasteiger partial charge in [0.25, 0.3) is 11.1 Å². The molecule has 2 aromatic carbocycles. The van der Waals surface area contributed by atoms with E-state index in [0.29, 0.717) is 27.3 Å². The van der Waals surface area contributed by atoms with Crippen LogP contribution in [0.5, 0.6) is 11.5 Å². The molecule has 7 heteroatoms. The average Bonchev–Trinajstić information content (AvgIpc) is 2.84. The SMILES string of the molecule is CN1C(=O)S/C(=C\c2cc(OCc3ccccc3)c(O)cc2Br)C1=O. The first-order chi connectivity index (χ1) is 12.0. The Labute approximate surface area is 157 Å². The summed E-state index contributed by atoms with van der Waals surface area (Å²) < 4.78 is 6.28. The summed E-state index contributed by atoms with van der Waals surface area (Å²) in [4.78, 5) is 25.0. The van der Waals surface area contributed by atoms with Gasteiger partial charge in [0.1, 0.15) is 6.61 Å². The van der Waals surface area contributed by atoms with Crippen molar-refractivity contribution in [3.63, 3.8) is 0 Å². The van der Waals surface area contributed by atoms with E-state index in [2.05, 4.69) is 15.9 Å². The van der Waals surface area contributed by atoms with Crippen molar-refractivity contribution in [1.82, 2.24) is 4.90 Å². The van der Waals surface area contributed by atoms with Crippen molar-refractivity contribution < 1.29 is 19.4 Å². The van der Waals surface area contributed by atoms with Crippen LogP contribution in [0.1, 0.15) is 11.1 Å². The number of hydrogen-bond donors (Lipinski definition) is 1. The molecular weight excluding hydrogens is 406 g/mol. The van der Waals surface area contributed by atoms with Gasteiger partial charge in [-0.1, -0.05) is 46.3 Å². The number of amides is 2. The summed E-state index contributed by atoms with van der Waals surface area (Å²) in [7, 11) is 1.44. The molecule has 0 atom stereocenters. The Morgan fingerprint density at radius 3 is 2.60 bits per heavy atom. The molecule has 2 aromatic rings. The highest BCUT2D eigenvalue weighted by Crippen LogP contribution is 2.37. The average molecular weight is 420 g/mol. The quantitative estimate of drug-likeness (QED) is 0.743. The number of ether oxygens (including phenoxy) is 1. The highest BCUT2D eigenvalue weighted by molar-refractivity contribution is 9.10. The second-order valence-corrected chi connectivity index (χ2v) is 7.20. The number of imide groups is 1. The lowest BCUT2D eigenvalue weighted by molar-refractivity contribution is -0.121. The number of carbonyl (C=O) groups excluding carboxylic acids is 2. The molecule has 1 fully saturated rings. The van der Waals surface area contributed by atoms with E-state index in [0.717, 1.165) is 22.2 Å². The molecule has 128 valence electrons. The summed E-state index contributed by atoms with van der Waals surface area (Å²) >= 11 is 4.24. The van der Waals surface area contributed by atoms with Crippen molar-refractivity contribution in [3.8, 4) is 11.5 Å². The van der Waals surface area contributed by atoms with Gasteiger partial charge in [0, 0.05) is 11.5 Å². The Morgan fingerprint density at radius 1 is 1.24 bits per heavy atom. The Kier molecular flexibility index (Phi) is 5.15. The Bertz CT molecular complexity index is 867. The number of halogens is 1. The maximum atomic E-state index is 12.0. The molecule has 0 radical (unpaired) electrons. The summed E-state index contributed by atoms with van der Waals surface area (Å²) in [6.45, 7) is 0.306. The Morgan fingerprint density at radius 2 is 1.96 bits per heavy atom. The second-order valence-electron chi connectivity index (χ2n) is 5.36. The van der Waals surface area contributed by atoms with E-state index < -0.39 is 0 Å². The predicted octanol–water partition coefficient (Wildman–Crippen LogP) is 4.40. The van der Waals surface area contributed by atoms with Gasteiger partial charge in [-0.25, -0.2) is 0 Å². The van der Waals surface area contributed by atoms with E-state index >= 15 is 0 Å². The summed E-state index contributed by atoms with van der Waals surface area (Å²) in [5.74, 6) is -0.0562. The van der Waals surface area contributed by atoms with Crippen LogP contribution in [0.25, 0.3) is 6.08 Å². The van der Waals surface area contributed by atoms with Crippen molar-refractivity contribution in [3.05, 3.63) is 63.0 Å². The number of benzene rings is 2. The molecule has 1 aliphatic heterocycles. The van der Waals surface area contributed by atoms with Gasteiger partial charge >= 0.3 is 0 Å². The fourth-order valence-electron chi connectivity index (χ4n) is 2.21. The van der Waals surface area contributed by atoms with Crippen LogP contribution in [0.3, 0.4) is 0 Å². The lowest BCUT2D eigenvalue weighted by atomic mass is 10.1. The second kappa shape index (κ2) is 7.33. The number of carbonyl (C=O) groups is 2. The van der Waals surface area contributed by atoms with Gasteiger partial charge in [-0.05, 0) is 41.1 Å². The lowest BCUT2D eigenvalue weighted by Gasteiger charge is -2.10. The molecule has 1 aliphatic rings. The molecule has 1 N–H and O–H groups in total. The van der Waals surface area contributed by atoms with E-state index in [1.54, 1.807) is 12.1 Å². The monoisotopic (exact) mass is 419 g/mol. The fourth-order valence-corrected chi connectivity index (χ4v) is 3.47. The zero-order valence-electron chi connectivity index (χ0n) is 13.2. The zero-order chi connectivity index (χ0) is 18.0. The third kappa shape index (κ3) is 3.88. The van der Waals surface area contributed by atoms with Crippen LogP contribution < -0.4 is 4.74 Å². The van der Waals surface area contributed by atoms with E-state index in [4.69, 9.17) is 4.74 Å². The van der Waals surface area contributed by atoms with E-state index in [9.17, 15) is 14.7 Å². The van der Waals surface area contributed by atoms with Crippen LogP contribution in [0.15, 0.2) is 51.8 Å². The van der Waals surface area contributed by atoms with E-state index in [-0.39, 0.29) is 16.9 Å². The largest absolute Gasteiger partial charge is 0.504 e. The van der Waals surface area contributed by atoms with Crippen LogP contribution >= 0.6 is 27.7 Å². The summed E-state index contributed by atoms with van der Waals surface area (Å²) in [5, 5.41) is 9.77. The highest BCUT2D eigenvalue weighted by atomic mass is 79.9. The van der Waals surface area contributed by atoms with Gasteiger partial charge in [0.2, 0.25) is 0 Å². The number of thioether (sulfide) groups is 1. The van der Waals surface area contributed by atoms with E-state index in [1.807, 2.05) is 30.3 Å². The van der Waals surface area contributed by atoms with Crippen LogP contribution in [0.4, 0.5) is 4.79 Å². The molecule has 1 saturated heterocycles. The number of phenols is 1. The highest BCUT2D eigenvalue weighted by Gasteiger charge is 2.32. The van der Waals surface area contributed by atoms with Gasteiger partial charge < -0.3 is 9.84 Å². The molecular formula is C18H14BrNO4S. The van der Waals surface area contributed by atoms with Crippen LogP contribution in [0, 0.1) is 0 Å². The van der Waals surface area contributed by atoms with Gasteiger partial charge in [-0.2, -0.15) is 0 Å². The van der Waals surface area contributed by atoms with Crippen molar-refractivity contribution in [2.75, 3.05) is 7.05 Å². The van der Waals surface area contributed by atoms with Crippen molar-refractivity contribution >= 4 is 44.9 Å². The molecule has 0 spiro atoms. The number of rotatable bonds is 4. The van der Waals surface area contributed by atoms with Gasteiger partial charge in [0.05, 0.1) is 4.91 Å². The summed E-state index contributed by atoms with van der Waals surface area (Å²) in [5.41, 5.74) is 1.61. The standard InChI is InChI=1S/C18H14BrNO4S/c1-20-17(22)16(25-18(20)23)8-12-7-15(14(21)9-13(12)19)24-10-11-5-3-2-4-6-11/h2-9,21H,10H2,1H3/b16-8-. The normalized spacial score (nSPS) is 15.9. The number of hydrogen-bond acceptors (Lipinski definition) is 5.